The molecule has 21 heavy (non-hydrogen) atoms. The van der Waals surface area contributed by atoms with Gasteiger partial charge < -0.3 is 14.9 Å². The number of carboxylic acids is 2. The molecule has 2 aliphatic rings. The molecule has 2 atom stereocenters. The lowest BCUT2D eigenvalue weighted by molar-refractivity contribution is -0.155. The second kappa shape index (κ2) is 4.58. The summed E-state index contributed by atoms with van der Waals surface area (Å²) < 4.78 is 5.59. The first-order chi connectivity index (χ1) is 9.74. The minimum atomic E-state index is -1.82. The topological polar surface area (TPSA) is 101 Å². The number of aldehydes is 1. The van der Waals surface area contributed by atoms with Crippen molar-refractivity contribution in [2.45, 2.75) is 32.8 Å². The predicted molar refractivity (Wildman–Crippen MR) is 72.4 cm³/mol. The maximum atomic E-state index is 11.6. The van der Waals surface area contributed by atoms with E-state index >= 15 is 0 Å². The number of hydrogen-bond donors (Lipinski definition) is 2. The van der Waals surface area contributed by atoms with Gasteiger partial charge in [0.25, 0.3) is 0 Å². The summed E-state index contributed by atoms with van der Waals surface area (Å²) in [7, 11) is 0. The van der Waals surface area contributed by atoms with Crippen LogP contribution in [0.2, 0.25) is 0 Å². The summed E-state index contributed by atoms with van der Waals surface area (Å²) in [6, 6.07) is 0. The summed E-state index contributed by atoms with van der Waals surface area (Å²) in [5.41, 5.74) is -2.71. The molecule has 0 spiro atoms. The van der Waals surface area contributed by atoms with Crippen molar-refractivity contribution in [1.29, 1.82) is 0 Å². The lowest BCUT2D eigenvalue weighted by Gasteiger charge is -2.27. The highest BCUT2D eigenvalue weighted by Gasteiger charge is 2.56. The van der Waals surface area contributed by atoms with E-state index in [4.69, 9.17) is 4.74 Å². The number of carbonyl (C=O) groups is 3. The molecule has 0 amide bonds. The average Bonchev–Trinajstić information content (AvgIpc) is 2.79. The Morgan fingerprint density at radius 1 is 1.33 bits per heavy atom. The smallest absolute Gasteiger partial charge is 0.352 e. The molecule has 112 valence electrons. The van der Waals surface area contributed by atoms with Crippen LogP contribution in [0, 0.1) is 5.41 Å². The quantitative estimate of drug-likeness (QED) is 0.764. The van der Waals surface area contributed by atoms with Gasteiger partial charge in [-0.1, -0.05) is 19.1 Å². The second-order valence-corrected chi connectivity index (χ2v) is 5.35. The molecule has 6 heteroatoms. The number of ether oxygens (including phenoxy) is 1. The van der Waals surface area contributed by atoms with Crippen LogP contribution in [0.25, 0.3) is 0 Å². The highest BCUT2D eigenvalue weighted by Crippen LogP contribution is 2.51. The van der Waals surface area contributed by atoms with Crippen LogP contribution in [-0.4, -0.2) is 34.0 Å². The summed E-state index contributed by atoms with van der Waals surface area (Å²) in [5, 5.41) is 19.0. The van der Waals surface area contributed by atoms with E-state index in [1.165, 1.54) is 13.0 Å². The highest BCUT2D eigenvalue weighted by molar-refractivity contribution is 5.98. The van der Waals surface area contributed by atoms with Gasteiger partial charge in [0, 0.05) is 5.57 Å². The van der Waals surface area contributed by atoms with Crippen LogP contribution >= 0.6 is 0 Å². The lowest BCUT2D eigenvalue weighted by atomic mass is 9.73. The van der Waals surface area contributed by atoms with E-state index in [1.807, 2.05) is 0 Å². The first-order valence-electron chi connectivity index (χ1n) is 6.51. The number of rotatable bonds is 4. The summed E-state index contributed by atoms with van der Waals surface area (Å²) in [5.74, 6) is -2.30. The van der Waals surface area contributed by atoms with Gasteiger partial charge in [0.15, 0.2) is 6.29 Å². The zero-order valence-electron chi connectivity index (χ0n) is 12.0. The van der Waals surface area contributed by atoms with Gasteiger partial charge >= 0.3 is 11.9 Å². The van der Waals surface area contributed by atoms with E-state index in [0.29, 0.717) is 11.9 Å². The van der Waals surface area contributed by atoms with E-state index in [2.05, 4.69) is 0 Å². The Hall–Kier alpha value is -2.37. The van der Waals surface area contributed by atoms with E-state index in [-0.39, 0.29) is 23.3 Å². The third-order valence-electron chi connectivity index (χ3n) is 4.16. The van der Waals surface area contributed by atoms with Crippen molar-refractivity contribution in [3.8, 4) is 0 Å². The normalized spacial score (nSPS) is 31.0. The van der Waals surface area contributed by atoms with E-state index in [0.717, 1.165) is 0 Å². The third-order valence-corrected chi connectivity index (χ3v) is 4.16. The van der Waals surface area contributed by atoms with Crippen molar-refractivity contribution in [2.24, 2.45) is 5.41 Å². The molecule has 0 aromatic carbocycles. The van der Waals surface area contributed by atoms with Crippen molar-refractivity contribution in [3.63, 3.8) is 0 Å². The first kappa shape index (κ1) is 15.0. The SMILES string of the molecule is CCC1(C(=O)O)OC2=C(C)C=CC(C)(C(=O)O)C2=C1C=O. The van der Waals surface area contributed by atoms with E-state index in [9.17, 15) is 24.6 Å². The molecule has 2 N–H and O–H groups in total. The molecule has 0 aromatic rings. The van der Waals surface area contributed by atoms with Crippen molar-refractivity contribution in [3.05, 3.63) is 34.6 Å². The molecule has 2 unspecified atom stereocenters. The zero-order valence-corrected chi connectivity index (χ0v) is 12.0. The molecule has 1 aliphatic heterocycles. The largest absolute Gasteiger partial charge is 0.480 e. The van der Waals surface area contributed by atoms with Crippen LogP contribution in [0.5, 0.6) is 0 Å². The number of allylic oxidation sites excluding steroid dienone is 3. The van der Waals surface area contributed by atoms with Crippen LogP contribution in [-0.2, 0) is 19.1 Å². The molecule has 1 aliphatic carbocycles. The molecule has 0 aromatic heterocycles. The fourth-order valence-electron chi connectivity index (χ4n) is 2.75. The monoisotopic (exact) mass is 292 g/mol. The Labute approximate surface area is 121 Å². The summed E-state index contributed by atoms with van der Waals surface area (Å²) in [4.78, 5) is 34.8. The van der Waals surface area contributed by atoms with Crippen LogP contribution < -0.4 is 0 Å². The molecular weight excluding hydrogens is 276 g/mol. The van der Waals surface area contributed by atoms with Gasteiger partial charge in [0.2, 0.25) is 5.60 Å². The maximum Gasteiger partial charge on any atom is 0.352 e. The molecule has 0 saturated heterocycles. The second-order valence-electron chi connectivity index (χ2n) is 5.35. The molecule has 0 saturated carbocycles. The number of carbonyl (C=O) groups excluding carboxylic acids is 1. The van der Waals surface area contributed by atoms with Gasteiger partial charge in [-0.25, -0.2) is 4.79 Å². The van der Waals surface area contributed by atoms with Gasteiger partial charge in [0.1, 0.15) is 11.2 Å². The molecule has 0 bridgehead atoms. The molecule has 6 nitrogen and oxygen atoms in total. The summed E-state index contributed by atoms with van der Waals surface area (Å²) in [6.45, 7) is 4.69. The summed E-state index contributed by atoms with van der Waals surface area (Å²) >= 11 is 0. The Balaban J connectivity index is 2.85. The molecule has 1 heterocycles. The number of aliphatic carboxylic acids is 2. The Bertz CT molecular complexity index is 639. The number of hydrogen-bond acceptors (Lipinski definition) is 4. The predicted octanol–water partition coefficient (Wildman–Crippen LogP) is 1.68. The van der Waals surface area contributed by atoms with Crippen LogP contribution in [0.3, 0.4) is 0 Å². The Morgan fingerprint density at radius 3 is 2.38 bits per heavy atom. The maximum absolute atomic E-state index is 11.6. The van der Waals surface area contributed by atoms with Crippen molar-refractivity contribution >= 4 is 18.2 Å². The van der Waals surface area contributed by atoms with Crippen molar-refractivity contribution < 1.29 is 29.3 Å². The van der Waals surface area contributed by atoms with Crippen LogP contribution in [0.15, 0.2) is 34.6 Å². The Kier molecular flexibility index (Phi) is 3.28. The van der Waals surface area contributed by atoms with Gasteiger partial charge in [-0.05, 0) is 25.8 Å². The average molecular weight is 292 g/mol. The van der Waals surface area contributed by atoms with Crippen molar-refractivity contribution in [2.75, 3.05) is 0 Å². The van der Waals surface area contributed by atoms with Gasteiger partial charge in [-0.2, -0.15) is 0 Å². The lowest BCUT2D eigenvalue weighted by Crippen LogP contribution is -2.40. The minimum Gasteiger partial charge on any atom is -0.480 e. The molecule has 2 rings (SSSR count). The zero-order chi connectivity index (χ0) is 16.0. The first-order valence-corrected chi connectivity index (χ1v) is 6.51. The van der Waals surface area contributed by atoms with Gasteiger partial charge in [-0.15, -0.1) is 0 Å². The number of carboxylic acid groups (broad SMARTS) is 2. The standard InChI is InChI=1S/C15H16O6/c1-4-15(13(19)20)9(7-16)10-11(21-15)8(2)5-6-14(10,3)12(17)18/h5-7H,4H2,1-3H3,(H,17,18)(H,19,20). The molecule has 0 fully saturated rings. The Morgan fingerprint density at radius 2 is 1.95 bits per heavy atom. The van der Waals surface area contributed by atoms with Gasteiger partial charge in [-0.3, -0.25) is 9.59 Å². The molecular formula is C15H16O6. The highest BCUT2D eigenvalue weighted by atomic mass is 16.5. The molecule has 0 radical (unpaired) electrons. The van der Waals surface area contributed by atoms with E-state index in [1.54, 1.807) is 19.9 Å². The van der Waals surface area contributed by atoms with Gasteiger partial charge in [0.05, 0.1) is 5.57 Å². The third kappa shape index (κ3) is 1.75. The van der Waals surface area contributed by atoms with Crippen molar-refractivity contribution in [1.82, 2.24) is 0 Å². The number of fused-ring (bicyclic) bond motifs is 1. The fraction of sp³-hybridized carbons (Fsp3) is 0.400. The van der Waals surface area contributed by atoms with E-state index < -0.39 is 23.0 Å². The fourth-order valence-corrected chi connectivity index (χ4v) is 2.75. The minimum absolute atomic E-state index is 0.0202. The van der Waals surface area contributed by atoms with Crippen LogP contribution in [0.1, 0.15) is 27.2 Å². The summed E-state index contributed by atoms with van der Waals surface area (Å²) in [6.07, 6.45) is 3.44. The van der Waals surface area contributed by atoms with Crippen LogP contribution in [0.4, 0.5) is 0 Å².